The molecule has 1 aromatic heterocycles. The van der Waals surface area contributed by atoms with Crippen molar-refractivity contribution < 1.29 is 14.3 Å². The number of carbonyl (C=O) groups is 1. The van der Waals surface area contributed by atoms with Crippen molar-refractivity contribution in [2.75, 3.05) is 26.2 Å². The Labute approximate surface area is 170 Å². The van der Waals surface area contributed by atoms with E-state index < -0.39 is 0 Å². The molecule has 5 nitrogen and oxygen atoms in total. The van der Waals surface area contributed by atoms with E-state index in [1.54, 1.807) is 16.2 Å². The summed E-state index contributed by atoms with van der Waals surface area (Å²) in [6, 6.07) is 11.7. The van der Waals surface area contributed by atoms with E-state index in [1.807, 2.05) is 36.4 Å². The highest BCUT2D eigenvalue weighted by Gasteiger charge is 2.25. The van der Waals surface area contributed by atoms with Crippen LogP contribution in [0.2, 0.25) is 4.34 Å². The molecule has 0 saturated carbocycles. The molecule has 0 spiro atoms. The number of nitrogens with zero attached hydrogens (tertiary/aromatic N) is 1. The number of hydrogen-bond acceptors (Lipinski definition) is 5. The van der Waals surface area contributed by atoms with Gasteiger partial charge in [0.15, 0.2) is 0 Å². The third-order valence-corrected chi connectivity index (χ3v) is 6.44. The maximum Gasteiger partial charge on any atom is 0.410 e. The highest BCUT2D eigenvalue weighted by atomic mass is 79.9. The second kappa shape index (κ2) is 9.71. The topological polar surface area (TPSA) is 50.8 Å². The molecule has 26 heavy (non-hydrogen) atoms. The Morgan fingerprint density at radius 1 is 1.42 bits per heavy atom. The molecule has 1 atom stereocenters. The lowest BCUT2D eigenvalue weighted by atomic mass is 10.2. The lowest BCUT2D eigenvalue weighted by molar-refractivity contribution is -0.0271. The van der Waals surface area contributed by atoms with E-state index in [9.17, 15) is 4.79 Å². The summed E-state index contributed by atoms with van der Waals surface area (Å²) in [4.78, 5) is 15.1. The molecule has 140 valence electrons. The maximum absolute atomic E-state index is 12.3. The Hall–Kier alpha value is -1.12. The maximum atomic E-state index is 12.3. The van der Waals surface area contributed by atoms with Crippen LogP contribution in [0.1, 0.15) is 10.4 Å². The van der Waals surface area contributed by atoms with Crippen LogP contribution in [0.5, 0.6) is 0 Å². The summed E-state index contributed by atoms with van der Waals surface area (Å²) >= 11 is 11.0. The van der Waals surface area contributed by atoms with Crippen LogP contribution in [0, 0.1) is 0 Å². The molecule has 1 fully saturated rings. The number of halogens is 2. The van der Waals surface area contributed by atoms with Gasteiger partial charge < -0.3 is 19.7 Å². The first-order valence-corrected chi connectivity index (χ1v) is 10.3. The summed E-state index contributed by atoms with van der Waals surface area (Å²) in [5.74, 6) is 0. The normalized spacial score (nSPS) is 17.3. The van der Waals surface area contributed by atoms with Crippen molar-refractivity contribution in [1.82, 2.24) is 10.2 Å². The molecule has 3 rings (SSSR count). The molecule has 2 heterocycles. The summed E-state index contributed by atoms with van der Waals surface area (Å²) in [6.07, 6.45) is -0.344. The van der Waals surface area contributed by atoms with Gasteiger partial charge in [0.25, 0.3) is 0 Å². The van der Waals surface area contributed by atoms with E-state index >= 15 is 0 Å². The second-order valence-electron chi connectivity index (χ2n) is 5.94. The number of morpholine rings is 1. The zero-order valence-corrected chi connectivity index (χ0v) is 17.3. The molecule has 1 aliphatic heterocycles. The van der Waals surface area contributed by atoms with Crippen molar-refractivity contribution in [1.29, 1.82) is 0 Å². The minimum absolute atomic E-state index is 0.0492. The number of benzene rings is 1. The third kappa shape index (κ3) is 5.69. The van der Waals surface area contributed by atoms with Crippen LogP contribution in [0.3, 0.4) is 0 Å². The zero-order valence-electron chi connectivity index (χ0n) is 14.1. The first-order valence-electron chi connectivity index (χ1n) is 8.33. The van der Waals surface area contributed by atoms with Gasteiger partial charge >= 0.3 is 6.09 Å². The Morgan fingerprint density at radius 3 is 2.96 bits per heavy atom. The van der Waals surface area contributed by atoms with Gasteiger partial charge in [-0.15, -0.1) is 11.3 Å². The Kier molecular flexibility index (Phi) is 7.33. The second-order valence-corrected chi connectivity index (χ2v) is 8.54. The minimum Gasteiger partial charge on any atom is -0.445 e. The van der Waals surface area contributed by atoms with Crippen molar-refractivity contribution in [2.24, 2.45) is 0 Å². The van der Waals surface area contributed by atoms with Crippen LogP contribution in [0.25, 0.3) is 0 Å². The smallest absolute Gasteiger partial charge is 0.410 e. The van der Waals surface area contributed by atoms with Crippen LogP contribution in [0.4, 0.5) is 4.79 Å². The first kappa shape index (κ1) is 19.6. The van der Waals surface area contributed by atoms with E-state index in [0.717, 1.165) is 19.2 Å². The van der Waals surface area contributed by atoms with E-state index in [1.165, 1.54) is 0 Å². The van der Waals surface area contributed by atoms with E-state index in [2.05, 4.69) is 21.2 Å². The van der Waals surface area contributed by atoms with Crippen LogP contribution >= 0.6 is 38.9 Å². The molecular formula is C18H20BrClN2O3S. The van der Waals surface area contributed by atoms with E-state index in [0.29, 0.717) is 32.8 Å². The molecule has 2 aromatic rings. The summed E-state index contributed by atoms with van der Waals surface area (Å²) in [6.45, 7) is 3.26. The number of ether oxygens (including phenoxy) is 2. The number of carbonyl (C=O) groups excluding carboxylic acids is 1. The first-order chi connectivity index (χ1) is 12.6. The van der Waals surface area contributed by atoms with Gasteiger partial charge in [-0.2, -0.15) is 0 Å². The lowest BCUT2D eigenvalue weighted by Crippen LogP contribution is -2.49. The van der Waals surface area contributed by atoms with Gasteiger partial charge in [-0.05, 0) is 27.6 Å². The molecule has 1 amide bonds. The standard InChI is InChI=1S/C18H20BrClN2O3S/c19-16-8-15(26-17(16)20)10-21-9-14-11-22(6-7-24-14)18(23)25-12-13-4-2-1-3-5-13/h1-5,8,14,21H,6-7,9-12H2. The molecule has 1 aliphatic rings. The van der Waals surface area contributed by atoms with Crippen LogP contribution in [-0.4, -0.2) is 43.3 Å². The van der Waals surface area contributed by atoms with Crippen molar-refractivity contribution in [2.45, 2.75) is 19.3 Å². The molecule has 0 radical (unpaired) electrons. The molecule has 1 aromatic carbocycles. The predicted molar refractivity (Wildman–Crippen MR) is 107 cm³/mol. The average Bonchev–Trinajstić information content (AvgIpc) is 2.98. The molecule has 0 aliphatic carbocycles. The highest BCUT2D eigenvalue weighted by Crippen LogP contribution is 2.31. The van der Waals surface area contributed by atoms with Gasteiger partial charge in [0.1, 0.15) is 10.9 Å². The Balaban J connectivity index is 1.41. The molecule has 1 unspecified atom stereocenters. The van der Waals surface area contributed by atoms with Crippen molar-refractivity contribution in [3.63, 3.8) is 0 Å². The molecular weight excluding hydrogens is 440 g/mol. The molecule has 0 bridgehead atoms. The van der Waals surface area contributed by atoms with Gasteiger partial charge in [0, 0.05) is 29.0 Å². The summed E-state index contributed by atoms with van der Waals surface area (Å²) in [7, 11) is 0. The van der Waals surface area contributed by atoms with Crippen LogP contribution < -0.4 is 5.32 Å². The monoisotopic (exact) mass is 458 g/mol. The summed E-state index contributed by atoms with van der Waals surface area (Å²) in [5.41, 5.74) is 0.980. The quantitative estimate of drug-likeness (QED) is 0.700. The number of amides is 1. The SMILES string of the molecule is O=C(OCc1ccccc1)N1CCOC(CNCc2cc(Br)c(Cl)s2)C1. The summed E-state index contributed by atoms with van der Waals surface area (Å²) in [5, 5.41) is 3.36. The van der Waals surface area contributed by atoms with Gasteiger partial charge in [-0.3, -0.25) is 0 Å². The van der Waals surface area contributed by atoms with E-state index in [-0.39, 0.29) is 18.8 Å². The third-order valence-electron chi connectivity index (χ3n) is 3.97. The van der Waals surface area contributed by atoms with Crippen molar-refractivity contribution in [3.05, 3.63) is 55.6 Å². The molecule has 1 saturated heterocycles. The lowest BCUT2D eigenvalue weighted by Gasteiger charge is -2.32. The number of hydrogen-bond donors (Lipinski definition) is 1. The van der Waals surface area contributed by atoms with Gasteiger partial charge in [-0.1, -0.05) is 41.9 Å². The molecule has 1 N–H and O–H groups in total. The Morgan fingerprint density at radius 2 is 2.23 bits per heavy atom. The van der Waals surface area contributed by atoms with Crippen LogP contribution in [-0.2, 0) is 22.6 Å². The highest BCUT2D eigenvalue weighted by molar-refractivity contribution is 9.10. The predicted octanol–water partition coefficient (Wildman–Crippen LogP) is 4.29. The van der Waals surface area contributed by atoms with Gasteiger partial charge in [-0.25, -0.2) is 4.79 Å². The zero-order chi connectivity index (χ0) is 18.4. The number of thiophene rings is 1. The van der Waals surface area contributed by atoms with Gasteiger partial charge in [0.2, 0.25) is 0 Å². The van der Waals surface area contributed by atoms with Crippen molar-refractivity contribution >= 4 is 45.0 Å². The Bertz CT molecular complexity index is 709. The minimum atomic E-state index is -0.295. The molecule has 8 heteroatoms. The fourth-order valence-electron chi connectivity index (χ4n) is 2.65. The van der Waals surface area contributed by atoms with E-state index in [4.69, 9.17) is 21.1 Å². The largest absolute Gasteiger partial charge is 0.445 e. The fourth-order valence-corrected chi connectivity index (χ4v) is 4.41. The number of nitrogens with one attached hydrogen (secondary N) is 1. The summed E-state index contributed by atoms with van der Waals surface area (Å²) < 4.78 is 12.8. The van der Waals surface area contributed by atoms with Crippen LogP contribution in [0.15, 0.2) is 40.9 Å². The number of rotatable bonds is 6. The fraction of sp³-hybridized carbons (Fsp3) is 0.389. The van der Waals surface area contributed by atoms with Crippen molar-refractivity contribution in [3.8, 4) is 0 Å². The van der Waals surface area contributed by atoms with Gasteiger partial charge in [0.05, 0.1) is 19.3 Å². The average molecular weight is 460 g/mol.